The molecule has 2 aliphatic rings. The Morgan fingerprint density at radius 2 is 1.62 bits per heavy atom. The second-order valence-corrected chi connectivity index (χ2v) is 6.32. The van der Waals surface area contributed by atoms with Gasteiger partial charge in [-0.1, -0.05) is 0 Å². The number of ether oxygens (including phenoxy) is 2. The van der Waals surface area contributed by atoms with E-state index >= 15 is 0 Å². The largest absolute Gasteiger partial charge is 0.502 e. The molecule has 0 saturated heterocycles. The van der Waals surface area contributed by atoms with Gasteiger partial charge in [0, 0.05) is 6.54 Å². The van der Waals surface area contributed by atoms with Crippen molar-refractivity contribution in [3.8, 4) is 17.2 Å². The molecule has 4 nitrogen and oxygen atoms in total. The van der Waals surface area contributed by atoms with E-state index in [9.17, 15) is 5.11 Å². The summed E-state index contributed by atoms with van der Waals surface area (Å²) in [6, 6.07) is 3.74. The summed E-state index contributed by atoms with van der Waals surface area (Å²) in [5.74, 6) is 3.80. The second kappa shape index (κ2) is 6.14. The zero-order chi connectivity index (χ0) is 14.8. The van der Waals surface area contributed by atoms with Crippen molar-refractivity contribution < 1.29 is 14.6 Å². The zero-order valence-electron chi connectivity index (χ0n) is 12.9. The van der Waals surface area contributed by atoms with Crippen LogP contribution >= 0.6 is 0 Å². The average Bonchev–Trinajstić information content (AvgIpc) is 3.38. The predicted molar refractivity (Wildman–Crippen MR) is 81.9 cm³/mol. The van der Waals surface area contributed by atoms with E-state index in [1.807, 2.05) is 12.1 Å². The first-order chi connectivity index (χ1) is 10.2. The van der Waals surface area contributed by atoms with Crippen LogP contribution in [-0.4, -0.2) is 25.9 Å². The van der Waals surface area contributed by atoms with E-state index in [0.29, 0.717) is 11.5 Å². The molecule has 2 saturated carbocycles. The standard InChI is InChI=1S/C17H25NO3/c1-20-15-7-11(8-16(21-2)17(15)19)9-18-10-14(12-3-4-12)13-5-6-13/h7-8,12-14,18-19H,3-6,9-10H2,1-2H3. The minimum Gasteiger partial charge on any atom is -0.502 e. The van der Waals surface area contributed by atoms with Crippen LogP contribution in [0.4, 0.5) is 0 Å². The van der Waals surface area contributed by atoms with Crippen LogP contribution in [-0.2, 0) is 6.54 Å². The van der Waals surface area contributed by atoms with Crippen LogP contribution in [0.1, 0.15) is 31.2 Å². The quantitative estimate of drug-likeness (QED) is 0.773. The summed E-state index contributed by atoms with van der Waals surface area (Å²) in [6.45, 7) is 1.88. The molecule has 0 unspecified atom stereocenters. The van der Waals surface area contributed by atoms with Crippen molar-refractivity contribution in [2.45, 2.75) is 32.2 Å². The van der Waals surface area contributed by atoms with Crippen molar-refractivity contribution in [2.24, 2.45) is 17.8 Å². The molecule has 2 fully saturated rings. The summed E-state index contributed by atoms with van der Waals surface area (Å²) < 4.78 is 10.4. The van der Waals surface area contributed by atoms with Gasteiger partial charge in [-0.3, -0.25) is 0 Å². The van der Waals surface area contributed by atoms with Crippen molar-refractivity contribution in [2.75, 3.05) is 20.8 Å². The molecule has 0 amide bonds. The molecule has 0 radical (unpaired) electrons. The van der Waals surface area contributed by atoms with Crippen molar-refractivity contribution in [3.05, 3.63) is 17.7 Å². The molecule has 3 rings (SSSR count). The van der Waals surface area contributed by atoms with E-state index in [1.165, 1.54) is 25.7 Å². The summed E-state index contributed by atoms with van der Waals surface area (Å²) >= 11 is 0. The molecule has 0 aliphatic heterocycles. The molecule has 0 aromatic heterocycles. The van der Waals surface area contributed by atoms with Crippen LogP contribution in [0.5, 0.6) is 17.2 Å². The first-order valence-electron chi connectivity index (χ1n) is 7.87. The number of hydrogen-bond acceptors (Lipinski definition) is 4. The van der Waals surface area contributed by atoms with Crippen molar-refractivity contribution in [3.63, 3.8) is 0 Å². The van der Waals surface area contributed by atoms with Gasteiger partial charge in [-0.15, -0.1) is 0 Å². The van der Waals surface area contributed by atoms with Crippen molar-refractivity contribution >= 4 is 0 Å². The number of methoxy groups -OCH3 is 2. The molecule has 2 N–H and O–H groups in total. The Hall–Kier alpha value is -1.42. The lowest BCUT2D eigenvalue weighted by molar-refractivity contribution is 0.338. The Morgan fingerprint density at radius 1 is 1.10 bits per heavy atom. The van der Waals surface area contributed by atoms with Gasteiger partial charge in [-0.25, -0.2) is 0 Å². The topological polar surface area (TPSA) is 50.7 Å². The van der Waals surface area contributed by atoms with Gasteiger partial charge in [0.2, 0.25) is 5.75 Å². The molecule has 4 heteroatoms. The summed E-state index contributed by atoms with van der Waals surface area (Å²) in [7, 11) is 3.11. The number of phenolic OH excluding ortho intramolecular Hbond substituents is 1. The number of phenols is 1. The van der Waals surface area contributed by atoms with Gasteiger partial charge in [-0.05, 0) is 67.7 Å². The maximum Gasteiger partial charge on any atom is 0.200 e. The number of benzene rings is 1. The molecule has 2 aliphatic carbocycles. The molecular weight excluding hydrogens is 266 g/mol. The molecule has 0 bridgehead atoms. The summed E-state index contributed by atoms with van der Waals surface area (Å²) in [6.07, 6.45) is 5.68. The van der Waals surface area contributed by atoms with E-state index in [1.54, 1.807) is 14.2 Å². The first kappa shape index (κ1) is 14.5. The SMILES string of the molecule is COc1cc(CNCC(C2CC2)C2CC2)cc(OC)c1O. The molecular formula is C17H25NO3. The fourth-order valence-corrected chi connectivity index (χ4v) is 3.20. The summed E-state index contributed by atoms with van der Waals surface area (Å²) in [5, 5.41) is 13.5. The minimum absolute atomic E-state index is 0.0672. The maximum atomic E-state index is 9.92. The van der Waals surface area contributed by atoms with Crippen LogP contribution in [0, 0.1) is 17.8 Å². The highest BCUT2D eigenvalue weighted by molar-refractivity contribution is 5.52. The fraction of sp³-hybridized carbons (Fsp3) is 0.647. The van der Waals surface area contributed by atoms with Crippen LogP contribution < -0.4 is 14.8 Å². The Bertz CT molecular complexity index is 458. The average molecular weight is 291 g/mol. The van der Waals surface area contributed by atoms with Gasteiger partial charge in [0.05, 0.1) is 14.2 Å². The van der Waals surface area contributed by atoms with E-state index in [2.05, 4.69) is 5.32 Å². The van der Waals surface area contributed by atoms with Crippen LogP contribution in [0.2, 0.25) is 0 Å². The maximum absolute atomic E-state index is 9.92. The second-order valence-electron chi connectivity index (χ2n) is 6.32. The van der Waals surface area contributed by atoms with Crippen molar-refractivity contribution in [1.82, 2.24) is 5.32 Å². The Labute approximate surface area is 126 Å². The number of rotatable bonds is 8. The lowest BCUT2D eigenvalue weighted by Gasteiger charge is -2.17. The van der Waals surface area contributed by atoms with Gasteiger partial charge in [0.15, 0.2) is 11.5 Å². The summed E-state index contributed by atoms with van der Waals surface area (Å²) in [5.41, 5.74) is 1.08. The monoisotopic (exact) mass is 291 g/mol. The van der Waals surface area contributed by atoms with Gasteiger partial charge >= 0.3 is 0 Å². The van der Waals surface area contributed by atoms with Crippen LogP contribution in [0.3, 0.4) is 0 Å². The van der Waals surface area contributed by atoms with Crippen LogP contribution in [0.15, 0.2) is 12.1 Å². The zero-order valence-corrected chi connectivity index (χ0v) is 12.9. The molecule has 1 aromatic rings. The highest BCUT2D eigenvalue weighted by Gasteiger charge is 2.40. The molecule has 0 heterocycles. The lowest BCUT2D eigenvalue weighted by Crippen LogP contribution is -2.25. The highest BCUT2D eigenvalue weighted by atomic mass is 16.5. The van der Waals surface area contributed by atoms with Gasteiger partial charge in [0.1, 0.15) is 0 Å². The highest BCUT2D eigenvalue weighted by Crippen LogP contribution is 2.48. The van der Waals surface area contributed by atoms with Crippen molar-refractivity contribution in [1.29, 1.82) is 0 Å². The third-order valence-corrected chi connectivity index (χ3v) is 4.70. The smallest absolute Gasteiger partial charge is 0.200 e. The Kier molecular flexibility index (Phi) is 4.24. The molecule has 1 aromatic carbocycles. The Balaban J connectivity index is 1.59. The molecule has 0 atom stereocenters. The molecule has 0 spiro atoms. The third kappa shape index (κ3) is 3.43. The van der Waals surface area contributed by atoms with Crippen LogP contribution in [0.25, 0.3) is 0 Å². The number of nitrogens with one attached hydrogen (secondary N) is 1. The molecule has 116 valence electrons. The first-order valence-corrected chi connectivity index (χ1v) is 7.87. The molecule has 21 heavy (non-hydrogen) atoms. The van der Waals surface area contributed by atoms with E-state index in [-0.39, 0.29) is 5.75 Å². The third-order valence-electron chi connectivity index (χ3n) is 4.70. The Morgan fingerprint density at radius 3 is 2.05 bits per heavy atom. The van der Waals surface area contributed by atoms with E-state index in [4.69, 9.17) is 9.47 Å². The fourth-order valence-electron chi connectivity index (χ4n) is 3.20. The predicted octanol–water partition coefficient (Wildman–Crippen LogP) is 2.94. The van der Waals surface area contributed by atoms with Gasteiger partial charge < -0.3 is 19.9 Å². The lowest BCUT2D eigenvalue weighted by atomic mass is 9.98. The van der Waals surface area contributed by atoms with E-state index < -0.39 is 0 Å². The normalized spacial score (nSPS) is 18.0. The van der Waals surface area contributed by atoms with Gasteiger partial charge in [-0.2, -0.15) is 0 Å². The van der Waals surface area contributed by atoms with E-state index in [0.717, 1.165) is 36.4 Å². The number of aromatic hydroxyl groups is 1. The van der Waals surface area contributed by atoms with Gasteiger partial charge in [0.25, 0.3) is 0 Å². The number of hydrogen-bond donors (Lipinski definition) is 2. The summed E-state index contributed by atoms with van der Waals surface area (Å²) in [4.78, 5) is 0. The minimum atomic E-state index is 0.0672.